The van der Waals surface area contributed by atoms with Gasteiger partial charge in [0.05, 0.1) is 12.1 Å². The van der Waals surface area contributed by atoms with Gasteiger partial charge in [0.15, 0.2) is 5.96 Å². The highest BCUT2D eigenvalue weighted by atomic mass is 35.5. The molecule has 134 valence electrons. The molecule has 0 radical (unpaired) electrons. The van der Waals surface area contributed by atoms with E-state index >= 15 is 0 Å². The van der Waals surface area contributed by atoms with Crippen LogP contribution in [0.15, 0.2) is 23.3 Å². The first kappa shape index (κ1) is 19.0. The molecule has 0 saturated carbocycles. The summed E-state index contributed by atoms with van der Waals surface area (Å²) < 4.78 is 11.2. The molecule has 0 aromatic carbocycles. The smallest absolute Gasteiger partial charge is 0.191 e. The normalized spacial score (nSPS) is 17.5. The van der Waals surface area contributed by atoms with Crippen molar-refractivity contribution in [2.24, 2.45) is 4.99 Å². The molecular weight excluding hydrogens is 328 g/mol. The molecule has 1 aromatic heterocycles. The van der Waals surface area contributed by atoms with E-state index in [2.05, 4.69) is 22.5 Å². The Balaban J connectivity index is 1.86. The first-order chi connectivity index (χ1) is 11.7. The highest BCUT2D eigenvalue weighted by molar-refractivity contribution is 6.29. The molecule has 0 bridgehead atoms. The Bertz CT molecular complexity index is 516. The summed E-state index contributed by atoms with van der Waals surface area (Å²) in [4.78, 5) is 8.80. The molecule has 0 aliphatic carbocycles. The summed E-state index contributed by atoms with van der Waals surface area (Å²) in [7, 11) is 1.76. The number of nitrogens with one attached hydrogen (secondary N) is 2. The summed E-state index contributed by atoms with van der Waals surface area (Å²) in [5, 5.41) is 7.15. The number of aliphatic imine (C=N–C) groups is 1. The van der Waals surface area contributed by atoms with E-state index in [-0.39, 0.29) is 5.60 Å². The number of nitrogens with zero attached hydrogens (tertiary/aromatic N) is 2. The average Bonchev–Trinajstić information content (AvgIpc) is 2.62. The van der Waals surface area contributed by atoms with Gasteiger partial charge < -0.3 is 20.1 Å². The van der Waals surface area contributed by atoms with Gasteiger partial charge >= 0.3 is 0 Å². The van der Waals surface area contributed by atoms with Crippen molar-refractivity contribution in [2.75, 3.05) is 40.0 Å². The van der Waals surface area contributed by atoms with Gasteiger partial charge in [-0.15, -0.1) is 0 Å². The van der Waals surface area contributed by atoms with Crippen molar-refractivity contribution < 1.29 is 9.47 Å². The van der Waals surface area contributed by atoms with Crippen LogP contribution in [0.3, 0.4) is 0 Å². The van der Waals surface area contributed by atoms with Crippen LogP contribution in [0.4, 0.5) is 0 Å². The van der Waals surface area contributed by atoms with Crippen molar-refractivity contribution in [1.82, 2.24) is 15.6 Å². The van der Waals surface area contributed by atoms with Crippen molar-refractivity contribution in [3.8, 4) is 0 Å². The Morgan fingerprint density at radius 2 is 2.17 bits per heavy atom. The fourth-order valence-electron chi connectivity index (χ4n) is 2.61. The average molecular weight is 355 g/mol. The monoisotopic (exact) mass is 354 g/mol. The number of hydrogen-bond donors (Lipinski definition) is 2. The predicted octanol–water partition coefficient (Wildman–Crippen LogP) is 2.03. The molecule has 0 atom stereocenters. The van der Waals surface area contributed by atoms with Gasteiger partial charge in [0.25, 0.3) is 0 Å². The van der Waals surface area contributed by atoms with E-state index in [1.165, 1.54) is 0 Å². The van der Waals surface area contributed by atoms with Crippen LogP contribution in [0.5, 0.6) is 0 Å². The van der Waals surface area contributed by atoms with E-state index in [0.717, 1.165) is 57.1 Å². The van der Waals surface area contributed by atoms with Crippen LogP contribution in [0.2, 0.25) is 5.15 Å². The van der Waals surface area contributed by atoms with E-state index in [0.29, 0.717) is 11.7 Å². The molecular formula is C17H27ClN4O2. The van der Waals surface area contributed by atoms with Crippen molar-refractivity contribution >= 4 is 17.6 Å². The minimum Gasteiger partial charge on any atom is -0.381 e. The molecule has 1 aliphatic heterocycles. The Morgan fingerprint density at radius 1 is 1.38 bits per heavy atom. The zero-order valence-electron chi connectivity index (χ0n) is 14.5. The third-order valence-electron chi connectivity index (χ3n) is 4.20. The Labute approximate surface area is 149 Å². The quantitative estimate of drug-likeness (QED) is 0.445. The largest absolute Gasteiger partial charge is 0.381 e. The van der Waals surface area contributed by atoms with E-state index in [4.69, 9.17) is 26.1 Å². The van der Waals surface area contributed by atoms with E-state index < -0.39 is 0 Å². The summed E-state index contributed by atoms with van der Waals surface area (Å²) in [6, 6.07) is 3.80. The van der Waals surface area contributed by atoms with Gasteiger partial charge in [-0.2, -0.15) is 0 Å². The summed E-state index contributed by atoms with van der Waals surface area (Å²) in [5.74, 6) is 0.808. The number of aromatic nitrogens is 1. The molecule has 2 heterocycles. The second kappa shape index (κ2) is 9.81. The molecule has 7 heteroatoms. The second-order valence-corrected chi connectivity index (χ2v) is 6.25. The Morgan fingerprint density at radius 3 is 2.79 bits per heavy atom. The Hall–Kier alpha value is -1.37. The fourth-order valence-corrected chi connectivity index (χ4v) is 2.73. The number of hydrogen-bond acceptors (Lipinski definition) is 4. The number of pyridine rings is 1. The number of methoxy groups -OCH3 is 1. The maximum atomic E-state index is 5.80. The Kier molecular flexibility index (Phi) is 7.75. The highest BCUT2D eigenvalue weighted by Gasteiger charge is 2.32. The summed E-state index contributed by atoms with van der Waals surface area (Å²) in [6.07, 6.45) is 4.42. The van der Waals surface area contributed by atoms with Crippen molar-refractivity contribution in [3.63, 3.8) is 0 Å². The van der Waals surface area contributed by atoms with Crippen molar-refractivity contribution in [2.45, 2.75) is 31.8 Å². The number of ether oxygens (including phenoxy) is 2. The third kappa shape index (κ3) is 5.92. The molecule has 1 aliphatic rings. The van der Waals surface area contributed by atoms with Crippen LogP contribution < -0.4 is 10.6 Å². The lowest BCUT2D eigenvalue weighted by Gasteiger charge is -2.34. The van der Waals surface area contributed by atoms with Crippen molar-refractivity contribution in [3.05, 3.63) is 29.0 Å². The lowest BCUT2D eigenvalue weighted by atomic mass is 9.94. The lowest BCUT2D eigenvalue weighted by molar-refractivity contribution is -0.0828. The number of halogens is 1. The maximum absolute atomic E-state index is 5.80. The van der Waals surface area contributed by atoms with Gasteiger partial charge in [0, 0.05) is 52.5 Å². The molecule has 6 nitrogen and oxygen atoms in total. The van der Waals surface area contributed by atoms with E-state index in [1.807, 2.05) is 12.1 Å². The molecule has 2 N–H and O–H groups in total. The molecule has 1 saturated heterocycles. The van der Waals surface area contributed by atoms with Gasteiger partial charge in [-0.25, -0.2) is 4.98 Å². The minimum absolute atomic E-state index is 0.208. The number of guanidine groups is 1. The van der Waals surface area contributed by atoms with Crippen LogP contribution in [0.1, 0.15) is 25.3 Å². The molecule has 0 spiro atoms. The zero-order chi connectivity index (χ0) is 17.3. The predicted molar refractivity (Wildman–Crippen MR) is 96.7 cm³/mol. The molecule has 1 aromatic rings. The van der Waals surface area contributed by atoms with Crippen LogP contribution in [-0.2, 0) is 15.9 Å². The topological polar surface area (TPSA) is 67.8 Å². The van der Waals surface area contributed by atoms with Crippen molar-refractivity contribution in [1.29, 1.82) is 0 Å². The van der Waals surface area contributed by atoms with Crippen LogP contribution in [0, 0.1) is 0 Å². The van der Waals surface area contributed by atoms with E-state index in [9.17, 15) is 0 Å². The fraction of sp³-hybridized carbons (Fsp3) is 0.647. The summed E-state index contributed by atoms with van der Waals surface area (Å²) >= 11 is 5.80. The SMILES string of the molecule is CCNC(=NCC1(OC)CCOCC1)NCCc1ccc(Cl)nc1. The molecule has 0 amide bonds. The van der Waals surface area contributed by atoms with Gasteiger partial charge in [-0.1, -0.05) is 17.7 Å². The third-order valence-corrected chi connectivity index (χ3v) is 4.42. The standard InChI is InChI=1S/C17H27ClN4O2/c1-3-19-16(20-9-6-14-4-5-15(18)21-12-14)22-13-17(23-2)7-10-24-11-8-17/h4-5,12H,3,6-11,13H2,1-2H3,(H2,19,20,22). The molecule has 24 heavy (non-hydrogen) atoms. The highest BCUT2D eigenvalue weighted by Crippen LogP contribution is 2.24. The zero-order valence-corrected chi connectivity index (χ0v) is 15.2. The van der Waals surface area contributed by atoms with Crippen LogP contribution >= 0.6 is 11.6 Å². The van der Waals surface area contributed by atoms with Gasteiger partial charge in [-0.05, 0) is 25.0 Å². The minimum atomic E-state index is -0.208. The van der Waals surface area contributed by atoms with Gasteiger partial charge in [0.1, 0.15) is 5.15 Å². The molecule has 0 unspecified atom stereocenters. The maximum Gasteiger partial charge on any atom is 0.191 e. The summed E-state index contributed by atoms with van der Waals surface area (Å²) in [5.41, 5.74) is 0.932. The molecule has 1 fully saturated rings. The van der Waals surface area contributed by atoms with Gasteiger partial charge in [0.2, 0.25) is 0 Å². The number of rotatable bonds is 7. The van der Waals surface area contributed by atoms with Crippen LogP contribution in [-0.4, -0.2) is 56.5 Å². The summed E-state index contributed by atoms with van der Waals surface area (Å²) in [6.45, 7) is 5.75. The molecule has 2 rings (SSSR count). The van der Waals surface area contributed by atoms with E-state index in [1.54, 1.807) is 13.3 Å². The van der Waals surface area contributed by atoms with Crippen LogP contribution in [0.25, 0.3) is 0 Å². The lowest BCUT2D eigenvalue weighted by Crippen LogP contribution is -2.44. The first-order valence-electron chi connectivity index (χ1n) is 8.43. The van der Waals surface area contributed by atoms with Gasteiger partial charge in [-0.3, -0.25) is 4.99 Å². The second-order valence-electron chi connectivity index (χ2n) is 5.86. The first-order valence-corrected chi connectivity index (χ1v) is 8.81.